The van der Waals surface area contributed by atoms with Gasteiger partial charge >= 0.3 is 0 Å². The van der Waals surface area contributed by atoms with Gasteiger partial charge in [0.2, 0.25) is 0 Å². The molecule has 2 rings (SSSR count). The number of benzene rings is 2. The smallest absolute Gasteiger partial charge is 0.172 e. The molecule has 130 valence electrons. The number of oxime groups is 2. The Morgan fingerprint density at radius 3 is 2.44 bits per heavy atom. The van der Waals surface area contributed by atoms with E-state index in [1.807, 2.05) is 63.2 Å². The van der Waals surface area contributed by atoms with Crippen LogP contribution in [0.2, 0.25) is 0 Å². The molecule has 2 aromatic carbocycles. The van der Waals surface area contributed by atoms with Crippen molar-refractivity contribution in [2.75, 3.05) is 7.11 Å². The van der Waals surface area contributed by atoms with Crippen LogP contribution in [0.3, 0.4) is 0 Å². The van der Waals surface area contributed by atoms with Gasteiger partial charge in [-0.15, -0.1) is 0 Å². The lowest BCUT2D eigenvalue weighted by Gasteiger charge is -2.11. The second kappa shape index (κ2) is 8.78. The highest BCUT2D eigenvalue weighted by Crippen LogP contribution is 2.17. The average molecular weight is 338 g/mol. The van der Waals surface area contributed by atoms with Gasteiger partial charge in [-0.2, -0.15) is 0 Å². The molecule has 0 atom stereocenters. The van der Waals surface area contributed by atoms with Crippen molar-refractivity contribution in [1.29, 1.82) is 0 Å². The summed E-state index contributed by atoms with van der Waals surface area (Å²) >= 11 is 0. The summed E-state index contributed by atoms with van der Waals surface area (Å²) in [7, 11) is 1.41. The molecule has 0 spiro atoms. The third-order valence-electron chi connectivity index (χ3n) is 3.87. The van der Waals surface area contributed by atoms with Crippen LogP contribution in [0.5, 0.6) is 0 Å². The molecule has 5 heteroatoms. The van der Waals surface area contributed by atoms with Gasteiger partial charge in [-0.25, -0.2) is 0 Å². The van der Waals surface area contributed by atoms with Crippen molar-refractivity contribution < 1.29 is 14.5 Å². The Kier molecular flexibility index (Phi) is 6.46. The second-order valence-electron chi connectivity index (χ2n) is 5.69. The molecule has 0 aliphatic carbocycles. The summed E-state index contributed by atoms with van der Waals surface area (Å²) in [6.07, 6.45) is 0.669. The molecule has 0 aromatic heterocycles. The molecule has 0 aliphatic heterocycles. The number of aldehydes is 1. The number of rotatable bonds is 7. The molecule has 25 heavy (non-hydrogen) atoms. The Morgan fingerprint density at radius 2 is 1.80 bits per heavy atom. The lowest BCUT2D eigenvalue weighted by molar-refractivity contribution is -0.102. The third-order valence-corrected chi connectivity index (χ3v) is 3.87. The van der Waals surface area contributed by atoms with E-state index >= 15 is 0 Å². The summed E-state index contributed by atoms with van der Waals surface area (Å²) in [5.74, 6) is 0. The molecule has 0 radical (unpaired) electrons. The average Bonchev–Trinajstić information content (AvgIpc) is 2.61. The minimum absolute atomic E-state index is 0.226. The molecular weight excluding hydrogens is 316 g/mol. The fraction of sp³-hybridized carbons (Fsp3) is 0.250. The standard InChI is InChI=1S/C20H22N2O3/c1-14-8-10-17(11-9-14)16(3)21-25-13-19-15(2)6-5-7-18(19)20(12-23)22-24-4/h5-12H,13H2,1-4H3/b21-16+,22-20-. The highest BCUT2D eigenvalue weighted by atomic mass is 16.6. The fourth-order valence-corrected chi connectivity index (χ4v) is 2.41. The van der Waals surface area contributed by atoms with Crippen molar-refractivity contribution >= 4 is 17.7 Å². The van der Waals surface area contributed by atoms with Crippen LogP contribution in [-0.2, 0) is 21.1 Å². The first-order chi connectivity index (χ1) is 12.1. The maximum Gasteiger partial charge on any atom is 0.172 e. The van der Waals surface area contributed by atoms with Gasteiger partial charge in [-0.3, -0.25) is 4.79 Å². The van der Waals surface area contributed by atoms with E-state index in [9.17, 15) is 4.79 Å². The zero-order valence-corrected chi connectivity index (χ0v) is 14.9. The van der Waals surface area contributed by atoms with Crippen LogP contribution in [-0.4, -0.2) is 24.8 Å². The molecule has 0 aliphatic rings. The largest absolute Gasteiger partial charge is 0.399 e. The Hall–Kier alpha value is -2.95. The SMILES string of the molecule is CO/N=C(/C=O)c1cccc(C)c1CO/N=C(\C)c1ccc(C)cc1. The van der Waals surface area contributed by atoms with E-state index in [-0.39, 0.29) is 12.3 Å². The maximum absolute atomic E-state index is 11.3. The first-order valence-corrected chi connectivity index (χ1v) is 7.95. The van der Waals surface area contributed by atoms with Gasteiger partial charge in [0.15, 0.2) is 6.29 Å². The third kappa shape index (κ3) is 4.76. The number of hydrogen-bond acceptors (Lipinski definition) is 5. The lowest BCUT2D eigenvalue weighted by Crippen LogP contribution is -2.09. The Balaban J connectivity index is 2.20. The van der Waals surface area contributed by atoms with Crippen LogP contribution in [0, 0.1) is 13.8 Å². The van der Waals surface area contributed by atoms with Crippen LogP contribution < -0.4 is 0 Å². The normalized spacial score (nSPS) is 12.0. The molecule has 0 N–H and O–H groups in total. The topological polar surface area (TPSA) is 60.2 Å². The number of carbonyl (C=O) groups is 1. The van der Waals surface area contributed by atoms with Crippen molar-refractivity contribution in [3.8, 4) is 0 Å². The lowest BCUT2D eigenvalue weighted by atomic mass is 9.99. The van der Waals surface area contributed by atoms with E-state index in [2.05, 4.69) is 10.3 Å². The predicted molar refractivity (Wildman–Crippen MR) is 99.0 cm³/mol. The summed E-state index contributed by atoms with van der Waals surface area (Å²) in [6, 6.07) is 13.7. The molecular formula is C20H22N2O3. The van der Waals surface area contributed by atoms with Crippen molar-refractivity contribution in [2.24, 2.45) is 10.3 Å². The van der Waals surface area contributed by atoms with Gasteiger partial charge < -0.3 is 9.68 Å². The highest BCUT2D eigenvalue weighted by molar-refractivity contribution is 6.36. The number of carbonyl (C=O) groups excluding carboxylic acids is 1. The van der Waals surface area contributed by atoms with E-state index in [4.69, 9.17) is 9.68 Å². The predicted octanol–water partition coefficient (Wildman–Crippen LogP) is 3.79. The van der Waals surface area contributed by atoms with Crippen LogP contribution in [0.15, 0.2) is 52.8 Å². The molecule has 2 aromatic rings. The molecule has 0 unspecified atom stereocenters. The minimum atomic E-state index is 0.226. The van der Waals surface area contributed by atoms with Gasteiger partial charge in [-0.1, -0.05) is 58.3 Å². The van der Waals surface area contributed by atoms with E-state index in [1.165, 1.54) is 12.7 Å². The quantitative estimate of drug-likeness (QED) is 0.438. The monoisotopic (exact) mass is 338 g/mol. The van der Waals surface area contributed by atoms with Crippen molar-refractivity contribution in [2.45, 2.75) is 27.4 Å². The van der Waals surface area contributed by atoms with Gasteiger partial charge in [0.1, 0.15) is 19.4 Å². The summed E-state index contributed by atoms with van der Waals surface area (Å²) in [6.45, 7) is 6.13. The number of nitrogens with zero attached hydrogens (tertiary/aromatic N) is 2. The number of aryl methyl sites for hydroxylation is 2. The first kappa shape index (κ1) is 18.4. The Morgan fingerprint density at radius 1 is 1.08 bits per heavy atom. The van der Waals surface area contributed by atoms with E-state index in [0.717, 1.165) is 22.4 Å². The first-order valence-electron chi connectivity index (χ1n) is 7.95. The Labute approximate surface area is 147 Å². The highest BCUT2D eigenvalue weighted by Gasteiger charge is 2.12. The van der Waals surface area contributed by atoms with Crippen LogP contribution in [0.4, 0.5) is 0 Å². The zero-order valence-electron chi connectivity index (χ0n) is 14.9. The van der Waals surface area contributed by atoms with E-state index in [1.54, 1.807) is 0 Å². The van der Waals surface area contributed by atoms with Crippen LogP contribution in [0.25, 0.3) is 0 Å². The molecule has 0 amide bonds. The molecule has 0 fully saturated rings. The van der Waals surface area contributed by atoms with Gasteiger partial charge in [-0.05, 0) is 31.9 Å². The molecule has 0 bridgehead atoms. The van der Waals surface area contributed by atoms with Crippen molar-refractivity contribution in [3.63, 3.8) is 0 Å². The van der Waals surface area contributed by atoms with Gasteiger partial charge in [0, 0.05) is 11.1 Å². The zero-order chi connectivity index (χ0) is 18.2. The van der Waals surface area contributed by atoms with Crippen LogP contribution in [0.1, 0.15) is 34.7 Å². The van der Waals surface area contributed by atoms with E-state index < -0.39 is 0 Å². The van der Waals surface area contributed by atoms with Crippen molar-refractivity contribution in [3.05, 3.63) is 70.3 Å². The fourth-order valence-electron chi connectivity index (χ4n) is 2.41. The summed E-state index contributed by atoms with van der Waals surface area (Å²) in [5, 5.41) is 7.96. The molecule has 5 nitrogen and oxygen atoms in total. The molecule has 0 saturated heterocycles. The second-order valence-corrected chi connectivity index (χ2v) is 5.69. The minimum Gasteiger partial charge on any atom is -0.399 e. The molecule has 0 saturated carbocycles. The number of hydrogen-bond donors (Lipinski definition) is 0. The van der Waals surface area contributed by atoms with Crippen LogP contribution >= 0.6 is 0 Å². The Bertz CT molecular complexity index is 793. The van der Waals surface area contributed by atoms with Gasteiger partial charge in [0.25, 0.3) is 0 Å². The summed E-state index contributed by atoms with van der Waals surface area (Å²) in [5.41, 5.74) is 5.74. The van der Waals surface area contributed by atoms with E-state index in [0.29, 0.717) is 11.8 Å². The molecule has 0 heterocycles. The summed E-state index contributed by atoms with van der Waals surface area (Å²) in [4.78, 5) is 21.6. The maximum atomic E-state index is 11.3. The van der Waals surface area contributed by atoms with Gasteiger partial charge in [0.05, 0.1) is 5.71 Å². The van der Waals surface area contributed by atoms with Crippen molar-refractivity contribution in [1.82, 2.24) is 0 Å². The summed E-state index contributed by atoms with van der Waals surface area (Å²) < 4.78 is 0.